The van der Waals surface area contributed by atoms with Gasteiger partial charge >= 0.3 is 0 Å². The number of hydrogen-bond acceptors (Lipinski definition) is 2. The van der Waals surface area contributed by atoms with E-state index in [1.807, 2.05) is 19.4 Å². The van der Waals surface area contributed by atoms with Gasteiger partial charge in [-0.25, -0.2) is 4.98 Å². The molecular weight excluding hydrogens is 234 g/mol. The molecule has 1 aromatic heterocycles. The summed E-state index contributed by atoms with van der Waals surface area (Å²) in [6.45, 7) is 7.48. The monoisotopic (exact) mass is 257 g/mol. The SMILES string of the molecule is Cc1ccc(C)c(C(C)NCCc2nccn2C)c1. The first-order valence-electron chi connectivity index (χ1n) is 6.84. The zero-order chi connectivity index (χ0) is 13.8. The van der Waals surface area contributed by atoms with Crippen LogP contribution in [0.3, 0.4) is 0 Å². The van der Waals surface area contributed by atoms with Crippen molar-refractivity contribution in [3.8, 4) is 0 Å². The van der Waals surface area contributed by atoms with Crippen LogP contribution < -0.4 is 5.32 Å². The minimum atomic E-state index is 0.375. The van der Waals surface area contributed by atoms with Crippen LogP contribution in [0.25, 0.3) is 0 Å². The van der Waals surface area contributed by atoms with Gasteiger partial charge in [-0.05, 0) is 31.9 Å². The van der Waals surface area contributed by atoms with E-state index in [-0.39, 0.29) is 0 Å². The van der Waals surface area contributed by atoms with E-state index >= 15 is 0 Å². The summed E-state index contributed by atoms with van der Waals surface area (Å²) in [5, 5.41) is 3.58. The van der Waals surface area contributed by atoms with Crippen LogP contribution in [0.5, 0.6) is 0 Å². The molecule has 2 aromatic rings. The number of nitrogens with zero attached hydrogens (tertiary/aromatic N) is 2. The van der Waals surface area contributed by atoms with E-state index in [1.54, 1.807) is 0 Å². The van der Waals surface area contributed by atoms with Crippen LogP contribution in [0.4, 0.5) is 0 Å². The quantitative estimate of drug-likeness (QED) is 0.892. The third kappa shape index (κ3) is 3.44. The van der Waals surface area contributed by atoms with Gasteiger partial charge in [-0.3, -0.25) is 0 Å². The molecule has 0 aliphatic rings. The van der Waals surface area contributed by atoms with E-state index in [0.29, 0.717) is 6.04 Å². The summed E-state index contributed by atoms with van der Waals surface area (Å²) < 4.78 is 2.07. The van der Waals surface area contributed by atoms with Gasteiger partial charge in [0.05, 0.1) is 0 Å². The number of nitrogens with one attached hydrogen (secondary N) is 1. The van der Waals surface area contributed by atoms with Crippen molar-refractivity contribution in [2.24, 2.45) is 7.05 Å². The topological polar surface area (TPSA) is 29.9 Å². The molecule has 0 aliphatic carbocycles. The Hall–Kier alpha value is -1.61. The highest BCUT2D eigenvalue weighted by molar-refractivity contribution is 5.32. The van der Waals surface area contributed by atoms with Gasteiger partial charge in [-0.2, -0.15) is 0 Å². The maximum atomic E-state index is 4.34. The van der Waals surface area contributed by atoms with E-state index < -0.39 is 0 Å². The molecule has 1 aromatic carbocycles. The molecule has 102 valence electrons. The molecule has 0 radical (unpaired) electrons. The maximum Gasteiger partial charge on any atom is 0.109 e. The molecule has 1 N–H and O–H groups in total. The first-order valence-corrected chi connectivity index (χ1v) is 6.84. The highest BCUT2D eigenvalue weighted by Gasteiger charge is 2.08. The zero-order valence-electron chi connectivity index (χ0n) is 12.3. The van der Waals surface area contributed by atoms with E-state index in [1.165, 1.54) is 16.7 Å². The lowest BCUT2D eigenvalue weighted by atomic mass is 10.00. The molecule has 3 heteroatoms. The van der Waals surface area contributed by atoms with Gasteiger partial charge in [0, 0.05) is 38.4 Å². The lowest BCUT2D eigenvalue weighted by Crippen LogP contribution is -2.23. The number of aryl methyl sites for hydroxylation is 3. The number of benzene rings is 1. The Morgan fingerprint density at radius 1 is 1.32 bits per heavy atom. The summed E-state index contributed by atoms with van der Waals surface area (Å²) in [4.78, 5) is 4.34. The van der Waals surface area contributed by atoms with E-state index in [2.05, 4.69) is 53.8 Å². The summed E-state index contributed by atoms with van der Waals surface area (Å²) in [6, 6.07) is 7.01. The molecule has 0 aliphatic heterocycles. The molecule has 2 rings (SSSR count). The van der Waals surface area contributed by atoms with E-state index in [9.17, 15) is 0 Å². The molecule has 1 atom stereocenters. The van der Waals surface area contributed by atoms with Crippen molar-refractivity contribution >= 4 is 0 Å². The maximum absolute atomic E-state index is 4.34. The normalized spacial score (nSPS) is 12.6. The third-order valence-electron chi connectivity index (χ3n) is 3.62. The molecule has 0 saturated carbocycles. The molecule has 19 heavy (non-hydrogen) atoms. The Morgan fingerprint density at radius 3 is 2.79 bits per heavy atom. The van der Waals surface area contributed by atoms with Gasteiger partial charge in [-0.1, -0.05) is 23.8 Å². The fourth-order valence-corrected chi connectivity index (χ4v) is 2.37. The average molecular weight is 257 g/mol. The Morgan fingerprint density at radius 2 is 2.11 bits per heavy atom. The third-order valence-corrected chi connectivity index (χ3v) is 3.62. The Bertz CT molecular complexity index is 543. The van der Waals surface area contributed by atoms with Crippen molar-refractivity contribution in [1.29, 1.82) is 0 Å². The Kier molecular flexibility index (Phi) is 4.38. The molecule has 0 saturated heterocycles. The van der Waals surface area contributed by atoms with Gasteiger partial charge in [0.1, 0.15) is 5.82 Å². The molecule has 0 spiro atoms. The van der Waals surface area contributed by atoms with Crippen molar-refractivity contribution in [3.05, 3.63) is 53.1 Å². The largest absolute Gasteiger partial charge is 0.338 e. The fraction of sp³-hybridized carbons (Fsp3) is 0.438. The minimum Gasteiger partial charge on any atom is -0.338 e. The summed E-state index contributed by atoms with van der Waals surface area (Å²) in [5.41, 5.74) is 4.06. The molecule has 0 bridgehead atoms. The molecule has 1 heterocycles. The summed E-state index contributed by atoms with van der Waals surface area (Å²) in [5.74, 6) is 1.13. The second-order valence-corrected chi connectivity index (χ2v) is 5.24. The second-order valence-electron chi connectivity index (χ2n) is 5.24. The molecule has 1 unspecified atom stereocenters. The van der Waals surface area contributed by atoms with Crippen molar-refractivity contribution in [2.45, 2.75) is 33.2 Å². The molecule has 3 nitrogen and oxygen atoms in total. The minimum absolute atomic E-state index is 0.375. The molecule has 0 fully saturated rings. The number of aromatic nitrogens is 2. The lowest BCUT2D eigenvalue weighted by Gasteiger charge is -2.17. The van der Waals surface area contributed by atoms with Crippen molar-refractivity contribution in [2.75, 3.05) is 6.54 Å². The predicted octanol–water partition coefficient (Wildman–Crippen LogP) is 2.93. The van der Waals surface area contributed by atoms with Crippen LogP contribution in [0.15, 0.2) is 30.6 Å². The first kappa shape index (κ1) is 13.8. The number of rotatable bonds is 5. The Labute approximate surface area is 115 Å². The van der Waals surface area contributed by atoms with Crippen LogP contribution in [0.2, 0.25) is 0 Å². The second kappa shape index (κ2) is 6.02. The summed E-state index contributed by atoms with van der Waals surface area (Å²) >= 11 is 0. The zero-order valence-corrected chi connectivity index (χ0v) is 12.3. The smallest absolute Gasteiger partial charge is 0.109 e. The van der Waals surface area contributed by atoms with Crippen LogP contribution in [0.1, 0.15) is 35.5 Å². The van der Waals surface area contributed by atoms with Crippen molar-refractivity contribution in [3.63, 3.8) is 0 Å². The number of imidazole rings is 1. The molecule has 0 amide bonds. The average Bonchev–Trinajstić information content (AvgIpc) is 2.78. The van der Waals surface area contributed by atoms with Crippen LogP contribution >= 0.6 is 0 Å². The fourth-order valence-electron chi connectivity index (χ4n) is 2.37. The highest BCUT2D eigenvalue weighted by Crippen LogP contribution is 2.18. The van der Waals surface area contributed by atoms with Gasteiger partial charge in [-0.15, -0.1) is 0 Å². The summed E-state index contributed by atoms with van der Waals surface area (Å²) in [6.07, 6.45) is 4.80. The van der Waals surface area contributed by atoms with Gasteiger partial charge in [0.25, 0.3) is 0 Å². The van der Waals surface area contributed by atoms with Crippen molar-refractivity contribution < 1.29 is 0 Å². The van der Waals surface area contributed by atoms with E-state index in [0.717, 1.165) is 18.8 Å². The molecular formula is C16H23N3. The highest BCUT2D eigenvalue weighted by atomic mass is 15.0. The van der Waals surface area contributed by atoms with Crippen LogP contribution in [-0.4, -0.2) is 16.1 Å². The number of hydrogen-bond donors (Lipinski definition) is 1. The standard InChI is InChI=1S/C16H23N3/c1-12-5-6-13(2)15(11-12)14(3)17-8-7-16-18-9-10-19(16)4/h5-6,9-11,14,17H,7-8H2,1-4H3. The Balaban J connectivity index is 1.92. The van der Waals surface area contributed by atoms with E-state index in [4.69, 9.17) is 0 Å². The summed E-state index contributed by atoms with van der Waals surface area (Å²) in [7, 11) is 2.04. The first-order chi connectivity index (χ1) is 9.08. The van der Waals surface area contributed by atoms with Crippen molar-refractivity contribution in [1.82, 2.24) is 14.9 Å². The van der Waals surface area contributed by atoms with Crippen LogP contribution in [0, 0.1) is 13.8 Å². The van der Waals surface area contributed by atoms with Gasteiger partial charge in [0.15, 0.2) is 0 Å². The van der Waals surface area contributed by atoms with Gasteiger partial charge < -0.3 is 9.88 Å². The lowest BCUT2D eigenvalue weighted by molar-refractivity contribution is 0.562. The van der Waals surface area contributed by atoms with Gasteiger partial charge in [0.2, 0.25) is 0 Å². The predicted molar refractivity (Wildman–Crippen MR) is 79.2 cm³/mol. The van der Waals surface area contributed by atoms with Crippen LogP contribution in [-0.2, 0) is 13.5 Å².